The fourth-order valence-electron chi connectivity index (χ4n) is 1.03. The summed E-state index contributed by atoms with van der Waals surface area (Å²) in [7, 11) is 1.08. The number of carboxylic acids is 1. The first-order chi connectivity index (χ1) is 6.44. The summed E-state index contributed by atoms with van der Waals surface area (Å²) >= 11 is 2.83. The summed E-state index contributed by atoms with van der Waals surface area (Å²) < 4.78 is 4.65. The van der Waals surface area contributed by atoms with Crippen LogP contribution >= 0.6 is 15.9 Å². The van der Waals surface area contributed by atoms with Crippen LogP contribution in [-0.4, -0.2) is 40.7 Å². The molecule has 0 spiro atoms. The number of hydrogen-bond donors (Lipinski definition) is 3. The van der Waals surface area contributed by atoms with Crippen LogP contribution in [0.5, 0.6) is 0 Å². The van der Waals surface area contributed by atoms with Crippen molar-refractivity contribution in [3.05, 3.63) is 0 Å². The molecule has 3 N–H and O–H groups in total. The smallest absolute Gasteiger partial charge is 0.359 e. The molecular formula is C6H7BrN2O5. The van der Waals surface area contributed by atoms with E-state index in [9.17, 15) is 14.4 Å². The van der Waals surface area contributed by atoms with Crippen LogP contribution in [0.15, 0.2) is 0 Å². The van der Waals surface area contributed by atoms with Gasteiger partial charge < -0.3 is 9.84 Å². The molecule has 0 aliphatic carbocycles. The molecular weight excluding hydrogens is 260 g/mol. The summed E-state index contributed by atoms with van der Waals surface area (Å²) in [6, 6.07) is -0.907. The highest BCUT2D eigenvalue weighted by atomic mass is 79.9. The Morgan fingerprint density at radius 3 is 2.64 bits per heavy atom. The molecule has 2 unspecified atom stereocenters. The maximum Gasteiger partial charge on any atom is 0.359 e. The molecule has 8 heteroatoms. The molecule has 1 aliphatic heterocycles. The third kappa shape index (κ3) is 1.46. The van der Waals surface area contributed by atoms with Crippen LogP contribution in [0.4, 0.5) is 4.79 Å². The van der Waals surface area contributed by atoms with Crippen molar-refractivity contribution >= 4 is 33.8 Å². The van der Waals surface area contributed by atoms with Gasteiger partial charge in [0.15, 0.2) is 4.83 Å². The minimum absolute atomic E-state index is 0.766. The fourth-order valence-corrected chi connectivity index (χ4v) is 1.64. The van der Waals surface area contributed by atoms with Gasteiger partial charge in [0.2, 0.25) is 5.91 Å². The molecule has 0 bridgehead atoms. The first-order valence-corrected chi connectivity index (χ1v) is 4.41. The largest absolute Gasteiger partial charge is 0.478 e. The second kappa shape index (κ2) is 3.54. The minimum atomic E-state index is -2.06. The lowest BCUT2D eigenvalue weighted by molar-refractivity contribution is -0.168. The van der Waals surface area contributed by atoms with E-state index in [1.54, 1.807) is 0 Å². The lowest BCUT2D eigenvalue weighted by Gasteiger charge is -2.35. The Hall–Kier alpha value is -1.15. The van der Waals surface area contributed by atoms with Crippen molar-refractivity contribution in [2.24, 2.45) is 0 Å². The Morgan fingerprint density at radius 1 is 1.64 bits per heavy atom. The number of hydrogen-bond acceptors (Lipinski definition) is 4. The third-order valence-electron chi connectivity index (χ3n) is 1.76. The van der Waals surface area contributed by atoms with Crippen LogP contribution in [0.25, 0.3) is 0 Å². The lowest BCUT2D eigenvalue weighted by atomic mass is 10.1. The molecule has 0 radical (unpaired) electrons. The van der Waals surface area contributed by atoms with Crippen molar-refractivity contribution < 1.29 is 24.2 Å². The van der Waals surface area contributed by atoms with E-state index in [2.05, 4.69) is 20.7 Å². The van der Waals surface area contributed by atoms with Gasteiger partial charge in [-0.05, 0) is 0 Å². The SMILES string of the molecule is COC1(C(=O)O)NC(=O)NC(=O)C1Br. The number of carbonyl (C=O) groups is 3. The summed E-state index contributed by atoms with van der Waals surface area (Å²) in [6.45, 7) is 0. The van der Waals surface area contributed by atoms with E-state index in [1.165, 1.54) is 0 Å². The van der Waals surface area contributed by atoms with Crippen LogP contribution < -0.4 is 10.6 Å². The summed E-state index contributed by atoms with van der Waals surface area (Å²) in [5.74, 6) is -2.22. The van der Waals surface area contributed by atoms with Crippen LogP contribution in [0.1, 0.15) is 0 Å². The number of imide groups is 1. The highest BCUT2D eigenvalue weighted by Gasteiger charge is 2.54. The lowest BCUT2D eigenvalue weighted by Crippen LogP contribution is -2.71. The molecule has 3 amide bonds. The predicted octanol–water partition coefficient (Wildman–Crippen LogP) is -0.983. The van der Waals surface area contributed by atoms with E-state index in [-0.39, 0.29) is 0 Å². The Morgan fingerprint density at radius 2 is 2.21 bits per heavy atom. The number of aliphatic carboxylic acids is 1. The number of alkyl halides is 1. The van der Waals surface area contributed by atoms with Crippen LogP contribution in [0.3, 0.4) is 0 Å². The van der Waals surface area contributed by atoms with Crippen molar-refractivity contribution in [2.45, 2.75) is 10.6 Å². The molecule has 1 heterocycles. The second-order valence-electron chi connectivity index (χ2n) is 2.55. The topological polar surface area (TPSA) is 105 Å². The molecule has 0 saturated carbocycles. The number of urea groups is 1. The number of carboxylic acid groups (broad SMARTS) is 1. The zero-order valence-electron chi connectivity index (χ0n) is 7.04. The standard InChI is InChI=1S/C6H7BrN2O5/c1-14-6(4(11)12)2(7)3(10)8-5(13)9-6/h2H,1H3,(H,11,12)(H2,8,9,10,13). The summed E-state index contributed by atoms with van der Waals surface area (Å²) in [4.78, 5) is 31.7. The van der Waals surface area contributed by atoms with E-state index in [0.29, 0.717) is 0 Å². The van der Waals surface area contributed by atoms with Gasteiger partial charge in [0, 0.05) is 7.11 Å². The predicted molar refractivity (Wildman–Crippen MR) is 46.8 cm³/mol. The number of halogens is 1. The van der Waals surface area contributed by atoms with E-state index in [4.69, 9.17) is 5.11 Å². The maximum absolute atomic E-state index is 11.1. The number of ether oxygens (including phenoxy) is 1. The van der Waals surface area contributed by atoms with Gasteiger partial charge in [-0.3, -0.25) is 15.4 Å². The summed E-state index contributed by atoms with van der Waals surface area (Å²) in [5, 5.41) is 12.8. The highest BCUT2D eigenvalue weighted by molar-refractivity contribution is 9.10. The number of amides is 3. The zero-order valence-corrected chi connectivity index (χ0v) is 8.62. The van der Waals surface area contributed by atoms with Crippen molar-refractivity contribution in [2.75, 3.05) is 7.11 Å². The number of nitrogens with one attached hydrogen (secondary N) is 2. The van der Waals surface area contributed by atoms with Gasteiger partial charge in [-0.1, -0.05) is 15.9 Å². The first kappa shape index (κ1) is 10.9. The average Bonchev–Trinajstić information content (AvgIpc) is 2.10. The first-order valence-electron chi connectivity index (χ1n) is 3.49. The minimum Gasteiger partial charge on any atom is -0.478 e. The van der Waals surface area contributed by atoms with Crippen LogP contribution in [0, 0.1) is 0 Å². The number of methoxy groups -OCH3 is 1. The maximum atomic E-state index is 11.1. The van der Waals surface area contributed by atoms with E-state index in [0.717, 1.165) is 7.11 Å². The van der Waals surface area contributed by atoms with E-state index >= 15 is 0 Å². The Balaban J connectivity index is 3.09. The summed E-state index contributed by atoms with van der Waals surface area (Å²) in [5.41, 5.74) is -2.06. The summed E-state index contributed by atoms with van der Waals surface area (Å²) in [6.07, 6.45) is 0. The fraction of sp³-hybridized carbons (Fsp3) is 0.500. The molecule has 7 nitrogen and oxygen atoms in total. The quantitative estimate of drug-likeness (QED) is 0.557. The molecule has 1 saturated heterocycles. The monoisotopic (exact) mass is 266 g/mol. The van der Waals surface area contributed by atoms with Crippen molar-refractivity contribution in [3.8, 4) is 0 Å². The van der Waals surface area contributed by atoms with Gasteiger partial charge in [0.1, 0.15) is 0 Å². The molecule has 0 aromatic heterocycles. The molecule has 1 fully saturated rings. The second-order valence-corrected chi connectivity index (χ2v) is 3.47. The van der Waals surface area contributed by atoms with Gasteiger partial charge in [0.25, 0.3) is 5.72 Å². The molecule has 14 heavy (non-hydrogen) atoms. The van der Waals surface area contributed by atoms with E-state index < -0.39 is 28.5 Å². The molecule has 0 aromatic carbocycles. The Bertz CT molecular complexity index is 307. The Kier molecular flexibility index (Phi) is 2.76. The molecule has 1 rings (SSSR count). The van der Waals surface area contributed by atoms with Gasteiger partial charge in [0.05, 0.1) is 0 Å². The average molecular weight is 267 g/mol. The number of rotatable bonds is 2. The normalized spacial score (nSPS) is 32.0. The molecule has 78 valence electrons. The number of carbonyl (C=O) groups excluding carboxylic acids is 2. The van der Waals surface area contributed by atoms with Crippen molar-refractivity contribution in [1.82, 2.24) is 10.6 Å². The molecule has 2 atom stereocenters. The van der Waals surface area contributed by atoms with Gasteiger partial charge in [-0.25, -0.2) is 9.59 Å². The van der Waals surface area contributed by atoms with Gasteiger partial charge in [-0.15, -0.1) is 0 Å². The van der Waals surface area contributed by atoms with E-state index in [1.807, 2.05) is 10.6 Å². The molecule has 1 aliphatic rings. The van der Waals surface area contributed by atoms with Gasteiger partial charge >= 0.3 is 12.0 Å². The Labute approximate surface area is 86.9 Å². The highest BCUT2D eigenvalue weighted by Crippen LogP contribution is 2.22. The van der Waals surface area contributed by atoms with Crippen molar-refractivity contribution in [1.29, 1.82) is 0 Å². The zero-order chi connectivity index (χ0) is 10.9. The van der Waals surface area contributed by atoms with Crippen LogP contribution in [-0.2, 0) is 14.3 Å². The molecule has 0 aromatic rings. The van der Waals surface area contributed by atoms with Gasteiger partial charge in [-0.2, -0.15) is 0 Å². The third-order valence-corrected chi connectivity index (χ3v) is 2.82. The van der Waals surface area contributed by atoms with Crippen molar-refractivity contribution in [3.63, 3.8) is 0 Å². The van der Waals surface area contributed by atoms with Crippen LogP contribution in [0.2, 0.25) is 0 Å².